The average molecular weight is 289 g/mol. The van der Waals surface area contributed by atoms with Gasteiger partial charge in [-0.05, 0) is 30.3 Å². The lowest BCUT2D eigenvalue weighted by Gasteiger charge is -2.42. The molecule has 3 heterocycles. The van der Waals surface area contributed by atoms with Crippen molar-refractivity contribution in [3.8, 4) is 23.0 Å². The highest BCUT2D eigenvalue weighted by molar-refractivity contribution is 5.92. The number of ether oxygens (including phenoxy) is 3. The molecule has 5 rings (SSSR count). The lowest BCUT2D eigenvalue weighted by atomic mass is 10.0. The lowest BCUT2D eigenvalue weighted by molar-refractivity contribution is 0.371. The van der Waals surface area contributed by atoms with Crippen LogP contribution in [0.1, 0.15) is 0 Å². The van der Waals surface area contributed by atoms with E-state index in [-0.39, 0.29) is 0 Å². The highest BCUT2D eigenvalue weighted by Gasteiger charge is 2.41. The van der Waals surface area contributed by atoms with E-state index >= 15 is 0 Å². The lowest BCUT2D eigenvalue weighted by Crippen LogP contribution is -2.32. The quantitative estimate of drug-likeness (QED) is 0.766. The molecule has 3 aliphatic heterocycles. The third kappa shape index (κ3) is 1.22. The van der Waals surface area contributed by atoms with Crippen molar-refractivity contribution in [2.45, 2.75) is 0 Å². The smallest absolute Gasteiger partial charge is 0.155 e. The van der Waals surface area contributed by atoms with Crippen LogP contribution in [0.3, 0.4) is 0 Å². The van der Waals surface area contributed by atoms with Crippen LogP contribution in [0.2, 0.25) is 0 Å². The van der Waals surface area contributed by atoms with Gasteiger partial charge in [0.05, 0.1) is 0 Å². The number of para-hydroxylation sites is 2. The fourth-order valence-electron chi connectivity index (χ4n) is 3.09. The highest BCUT2D eigenvalue weighted by atomic mass is 16.5. The first-order chi connectivity index (χ1) is 10.8. The van der Waals surface area contributed by atoms with Crippen molar-refractivity contribution in [1.29, 1.82) is 0 Å². The maximum Gasteiger partial charge on any atom is 0.155 e. The van der Waals surface area contributed by atoms with Gasteiger partial charge in [-0.2, -0.15) is 0 Å². The van der Waals surface area contributed by atoms with E-state index in [0.717, 1.165) is 40.1 Å². The molecule has 0 atom stereocenters. The van der Waals surface area contributed by atoms with E-state index in [4.69, 9.17) is 14.2 Å². The van der Waals surface area contributed by atoms with E-state index in [0.29, 0.717) is 11.5 Å². The van der Waals surface area contributed by atoms with Gasteiger partial charge in [-0.15, -0.1) is 0 Å². The average Bonchev–Trinajstić information content (AvgIpc) is 2.54. The molecule has 0 radical (unpaired) electrons. The monoisotopic (exact) mass is 289 g/mol. The number of allylic oxidation sites excluding steroid dienone is 1. The maximum atomic E-state index is 6.01. The molecule has 0 aromatic heterocycles. The van der Waals surface area contributed by atoms with E-state index in [1.54, 1.807) is 6.08 Å². The van der Waals surface area contributed by atoms with Crippen molar-refractivity contribution in [2.75, 3.05) is 4.90 Å². The molecule has 0 bridgehead atoms. The van der Waals surface area contributed by atoms with Crippen LogP contribution in [0.25, 0.3) is 0 Å². The van der Waals surface area contributed by atoms with Gasteiger partial charge in [0.1, 0.15) is 22.8 Å². The third-order valence-corrected chi connectivity index (χ3v) is 3.95. The molecule has 0 saturated heterocycles. The number of hydrogen-bond acceptors (Lipinski definition) is 4. The number of anilines is 2. The third-order valence-electron chi connectivity index (χ3n) is 3.95. The Hall–Kier alpha value is -3.14. The fourth-order valence-corrected chi connectivity index (χ4v) is 3.09. The molecule has 0 N–H and O–H groups in total. The SMILES string of the molecule is C=CC1=C2C(=C)Oc3cccc4c3N2c2c(cccc2O4)O1. The van der Waals surface area contributed by atoms with Crippen LogP contribution in [0.15, 0.2) is 72.8 Å². The van der Waals surface area contributed by atoms with E-state index in [1.165, 1.54) is 0 Å². The molecule has 22 heavy (non-hydrogen) atoms. The molecule has 0 aliphatic carbocycles. The second kappa shape index (κ2) is 3.74. The minimum absolute atomic E-state index is 0.530. The van der Waals surface area contributed by atoms with Gasteiger partial charge in [-0.1, -0.05) is 25.3 Å². The van der Waals surface area contributed by atoms with Gasteiger partial charge in [0.15, 0.2) is 28.8 Å². The molecule has 2 aromatic carbocycles. The number of benzene rings is 2. The van der Waals surface area contributed by atoms with Crippen LogP contribution in [-0.4, -0.2) is 0 Å². The molecule has 2 aromatic rings. The minimum Gasteiger partial charge on any atom is -0.453 e. The summed E-state index contributed by atoms with van der Waals surface area (Å²) in [7, 11) is 0. The maximum absolute atomic E-state index is 6.01. The molecule has 106 valence electrons. The van der Waals surface area contributed by atoms with Gasteiger partial charge >= 0.3 is 0 Å². The predicted molar refractivity (Wildman–Crippen MR) is 82.7 cm³/mol. The van der Waals surface area contributed by atoms with Crippen molar-refractivity contribution >= 4 is 11.4 Å². The Morgan fingerprint density at radius 1 is 0.818 bits per heavy atom. The van der Waals surface area contributed by atoms with Crippen LogP contribution in [-0.2, 0) is 0 Å². The normalized spacial score (nSPS) is 16.4. The zero-order valence-corrected chi connectivity index (χ0v) is 11.6. The molecule has 0 spiro atoms. The zero-order valence-electron chi connectivity index (χ0n) is 11.6. The summed E-state index contributed by atoms with van der Waals surface area (Å²) in [6, 6.07) is 11.5. The molecular formula is C18H11NO3. The van der Waals surface area contributed by atoms with Crippen molar-refractivity contribution in [1.82, 2.24) is 0 Å². The molecule has 0 unspecified atom stereocenters. The summed E-state index contributed by atoms with van der Waals surface area (Å²) >= 11 is 0. The Morgan fingerprint density at radius 3 is 1.95 bits per heavy atom. The number of nitrogens with zero attached hydrogens (tertiary/aromatic N) is 1. The molecule has 0 amide bonds. The molecule has 4 nitrogen and oxygen atoms in total. The van der Waals surface area contributed by atoms with Crippen LogP contribution in [0, 0.1) is 0 Å². The van der Waals surface area contributed by atoms with Gasteiger partial charge in [-0.3, -0.25) is 4.90 Å². The molecule has 0 fully saturated rings. The summed E-state index contributed by atoms with van der Waals surface area (Å²) in [6.45, 7) is 7.87. The summed E-state index contributed by atoms with van der Waals surface area (Å²) in [5.74, 6) is 4.09. The van der Waals surface area contributed by atoms with E-state index < -0.39 is 0 Å². The second-order valence-corrected chi connectivity index (χ2v) is 5.19. The minimum atomic E-state index is 0.530. The first kappa shape index (κ1) is 11.5. The van der Waals surface area contributed by atoms with Gasteiger partial charge in [0.25, 0.3) is 0 Å². The topological polar surface area (TPSA) is 30.9 Å². The Labute approximate surface area is 127 Å². The van der Waals surface area contributed by atoms with Crippen LogP contribution in [0.4, 0.5) is 11.4 Å². The molecule has 4 heteroatoms. The Morgan fingerprint density at radius 2 is 1.36 bits per heavy atom. The summed E-state index contributed by atoms with van der Waals surface area (Å²) in [5, 5.41) is 0. The van der Waals surface area contributed by atoms with Crippen molar-refractivity contribution in [3.63, 3.8) is 0 Å². The molecule has 3 aliphatic rings. The summed E-state index contributed by atoms with van der Waals surface area (Å²) in [6.07, 6.45) is 1.67. The first-order valence-electron chi connectivity index (χ1n) is 6.93. The highest BCUT2D eigenvalue weighted by Crippen LogP contribution is 2.60. The summed E-state index contributed by atoms with van der Waals surface area (Å²) in [5.41, 5.74) is 2.50. The van der Waals surface area contributed by atoms with Gasteiger partial charge in [0.2, 0.25) is 0 Å². The standard InChI is InChI=1S/C18H11NO3/c1-3-11-16-10(2)20-12-6-4-8-14-17(12)19(16)18-13(21-11)7-5-9-15(18)22-14/h3-9H,1-2H2. The Balaban J connectivity index is 1.93. The summed E-state index contributed by atoms with van der Waals surface area (Å²) in [4.78, 5) is 2.09. The molecular weight excluding hydrogens is 278 g/mol. The van der Waals surface area contributed by atoms with Crippen LogP contribution >= 0.6 is 0 Å². The van der Waals surface area contributed by atoms with Crippen LogP contribution in [0.5, 0.6) is 23.0 Å². The number of rotatable bonds is 1. The van der Waals surface area contributed by atoms with E-state index in [1.807, 2.05) is 36.4 Å². The van der Waals surface area contributed by atoms with E-state index in [2.05, 4.69) is 18.1 Å². The molecule has 0 saturated carbocycles. The summed E-state index contributed by atoms with van der Waals surface area (Å²) < 4.78 is 17.8. The second-order valence-electron chi connectivity index (χ2n) is 5.19. The zero-order chi connectivity index (χ0) is 14.8. The van der Waals surface area contributed by atoms with Crippen LogP contribution < -0.4 is 19.1 Å². The fraction of sp³-hybridized carbons (Fsp3) is 0. The largest absolute Gasteiger partial charge is 0.453 e. The van der Waals surface area contributed by atoms with Crippen molar-refractivity contribution < 1.29 is 14.2 Å². The first-order valence-corrected chi connectivity index (χ1v) is 6.93. The predicted octanol–water partition coefficient (Wildman–Crippen LogP) is 4.63. The van der Waals surface area contributed by atoms with Crippen molar-refractivity contribution in [3.05, 3.63) is 72.8 Å². The van der Waals surface area contributed by atoms with Gasteiger partial charge < -0.3 is 14.2 Å². The van der Waals surface area contributed by atoms with Crippen molar-refractivity contribution in [2.24, 2.45) is 0 Å². The van der Waals surface area contributed by atoms with Gasteiger partial charge in [-0.25, -0.2) is 0 Å². The van der Waals surface area contributed by atoms with Gasteiger partial charge in [0, 0.05) is 0 Å². The Bertz CT molecular complexity index is 911. The Kier molecular flexibility index (Phi) is 1.96. The number of hydrogen-bond donors (Lipinski definition) is 0. The van der Waals surface area contributed by atoms with E-state index in [9.17, 15) is 0 Å².